The Balaban J connectivity index is 2.86. The predicted octanol–water partition coefficient (Wildman–Crippen LogP) is 1.38. The van der Waals surface area contributed by atoms with Crippen molar-refractivity contribution in [3.05, 3.63) is 23.1 Å². The first kappa shape index (κ1) is 24.7. The highest BCUT2D eigenvalue weighted by molar-refractivity contribution is 7.87. The lowest BCUT2D eigenvalue weighted by Crippen LogP contribution is -2.49. The van der Waals surface area contributed by atoms with E-state index in [9.17, 15) is 23.1 Å². The fourth-order valence-electron chi connectivity index (χ4n) is 2.91. The molecular weight excluding hydrogens is 404 g/mol. The number of nitrogens with zero attached hydrogens (tertiary/aromatic N) is 4. The lowest BCUT2D eigenvalue weighted by molar-refractivity contribution is -0.144. The molecule has 0 saturated carbocycles. The average Bonchev–Trinajstić information content (AvgIpc) is 2.93. The number of carbonyl (C=O) groups excluding carboxylic acids is 1. The zero-order valence-electron chi connectivity index (χ0n) is 17.0. The number of nitrogens with one attached hydrogen (secondary N) is 2. The summed E-state index contributed by atoms with van der Waals surface area (Å²) in [5, 5.41) is 15.5. The van der Waals surface area contributed by atoms with Crippen LogP contribution in [0.4, 0.5) is 4.79 Å². The number of carbonyl (C=O) groups is 2. The maximum absolute atomic E-state index is 12.7. The fourth-order valence-corrected chi connectivity index (χ4v) is 4.40. The summed E-state index contributed by atoms with van der Waals surface area (Å²) in [6.07, 6.45) is 0.920. The van der Waals surface area contributed by atoms with Crippen LogP contribution in [0.5, 0.6) is 0 Å². The highest BCUT2D eigenvalue weighted by atomic mass is 32.2. The molecule has 164 valence electrons. The van der Waals surface area contributed by atoms with Gasteiger partial charge >= 0.3 is 12.1 Å². The zero-order valence-corrected chi connectivity index (χ0v) is 17.8. The third-order valence-electron chi connectivity index (χ3n) is 4.20. The van der Waals surface area contributed by atoms with Crippen LogP contribution in [0.2, 0.25) is 0 Å². The lowest BCUT2D eigenvalue weighted by Gasteiger charge is -2.24. The smallest absolute Gasteiger partial charge is 0.407 e. The highest BCUT2D eigenvalue weighted by Gasteiger charge is 2.54. The van der Waals surface area contributed by atoms with Gasteiger partial charge in [-0.2, -0.15) is 17.4 Å². The van der Waals surface area contributed by atoms with E-state index in [2.05, 4.69) is 26.6 Å². The number of alkyl carbamates (subject to hydrolysis) is 1. The number of carboxylic acid groups (broad SMARTS) is 1. The SMILES string of the molecule is C=CC[C@H]1CN(S(=O)(=O)N[C@H](C)CNC(=O)OC(C)(C)C)C[C@@]1(N=[N+]=[N-])C(=O)O. The number of azide groups is 1. The molecule has 0 aliphatic carbocycles. The highest BCUT2D eigenvalue weighted by Crippen LogP contribution is 2.36. The predicted molar refractivity (Wildman–Crippen MR) is 105 cm³/mol. The van der Waals surface area contributed by atoms with Gasteiger partial charge in [-0.25, -0.2) is 4.79 Å². The van der Waals surface area contributed by atoms with Gasteiger partial charge in [-0.05, 0) is 45.6 Å². The Morgan fingerprint density at radius 3 is 2.62 bits per heavy atom. The third-order valence-corrected chi connectivity index (χ3v) is 5.86. The van der Waals surface area contributed by atoms with Crippen LogP contribution < -0.4 is 10.0 Å². The number of carboxylic acids is 1. The molecule has 1 amide bonds. The number of allylic oxidation sites excluding steroid dienone is 1. The monoisotopic (exact) mass is 432 g/mol. The Morgan fingerprint density at radius 1 is 1.52 bits per heavy atom. The summed E-state index contributed by atoms with van der Waals surface area (Å²) in [6.45, 7) is 9.47. The van der Waals surface area contributed by atoms with Crippen LogP contribution in [0, 0.1) is 5.92 Å². The molecule has 13 heteroatoms. The number of hydrogen-bond donors (Lipinski definition) is 3. The Labute approximate surface area is 170 Å². The van der Waals surface area contributed by atoms with Crippen molar-refractivity contribution in [2.45, 2.75) is 51.3 Å². The fraction of sp³-hybridized carbons (Fsp3) is 0.750. The van der Waals surface area contributed by atoms with Crippen LogP contribution in [0.1, 0.15) is 34.1 Å². The van der Waals surface area contributed by atoms with E-state index in [-0.39, 0.29) is 19.5 Å². The summed E-state index contributed by atoms with van der Waals surface area (Å²) in [5.74, 6) is -2.17. The minimum atomic E-state index is -4.11. The van der Waals surface area contributed by atoms with Gasteiger partial charge in [0.25, 0.3) is 10.2 Å². The van der Waals surface area contributed by atoms with E-state index in [1.165, 1.54) is 13.0 Å². The summed E-state index contributed by atoms with van der Waals surface area (Å²) in [7, 11) is -4.11. The summed E-state index contributed by atoms with van der Waals surface area (Å²) < 4.78 is 33.8. The van der Waals surface area contributed by atoms with Crippen LogP contribution in [-0.2, 0) is 19.7 Å². The molecule has 1 saturated heterocycles. The van der Waals surface area contributed by atoms with E-state index < -0.39 is 51.9 Å². The molecule has 0 radical (unpaired) electrons. The zero-order chi connectivity index (χ0) is 22.5. The molecule has 1 fully saturated rings. The topological polar surface area (TPSA) is 174 Å². The second kappa shape index (κ2) is 9.44. The Bertz CT molecular complexity index is 784. The van der Waals surface area contributed by atoms with Crippen LogP contribution >= 0.6 is 0 Å². The number of aliphatic carboxylic acids is 1. The van der Waals surface area contributed by atoms with Gasteiger partial charge in [-0.3, -0.25) is 4.79 Å². The molecule has 0 aromatic heterocycles. The van der Waals surface area contributed by atoms with Crippen molar-refractivity contribution in [1.29, 1.82) is 0 Å². The van der Waals surface area contributed by atoms with Gasteiger partial charge in [0, 0.05) is 30.6 Å². The van der Waals surface area contributed by atoms with Crippen molar-refractivity contribution in [2.24, 2.45) is 11.0 Å². The van der Waals surface area contributed by atoms with E-state index >= 15 is 0 Å². The molecule has 0 aromatic carbocycles. The summed E-state index contributed by atoms with van der Waals surface area (Å²) in [4.78, 5) is 26.1. The van der Waals surface area contributed by atoms with Crippen molar-refractivity contribution >= 4 is 22.3 Å². The van der Waals surface area contributed by atoms with Gasteiger partial charge in [0.15, 0.2) is 5.54 Å². The second-order valence-electron chi connectivity index (χ2n) is 7.84. The molecule has 0 aromatic rings. The van der Waals surface area contributed by atoms with E-state index in [4.69, 9.17) is 10.3 Å². The quantitative estimate of drug-likeness (QED) is 0.215. The van der Waals surface area contributed by atoms with E-state index in [1.807, 2.05) is 0 Å². The molecule has 0 unspecified atom stereocenters. The number of hydrogen-bond acceptors (Lipinski definition) is 6. The van der Waals surface area contributed by atoms with Crippen molar-refractivity contribution in [3.63, 3.8) is 0 Å². The minimum absolute atomic E-state index is 0.0432. The van der Waals surface area contributed by atoms with Crippen molar-refractivity contribution in [1.82, 2.24) is 14.3 Å². The molecule has 1 aliphatic rings. The molecule has 1 heterocycles. The maximum Gasteiger partial charge on any atom is 0.407 e. The first-order valence-electron chi connectivity index (χ1n) is 8.92. The Hall–Kier alpha value is -2.34. The lowest BCUT2D eigenvalue weighted by atomic mass is 9.85. The summed E-state index contributed by atoms with van der Waals surface area (Å²) in [6, 6.07) is -0.704. The molecule has 1 aliphatic heterocycles. The molecular formula is C16H28N6O6S. The van der Waals surface area contributed by atoms with Gasteiger partial charge in [0.1, 0.15) is 5.60 Å². The number of ether oxygens (including phenoxy) is 1. The van der Waals surface area contributed by atoms with E-state index in [0.29, 0.717) is 0 Å². The molecule has 3 N–H and O–H groups in total. The van der Waals surface area contributed by atoms with Gasteiger partial charge in [-0.15, -0.1) is 6.58 Å². The van der Waals surface area contributed by atoms with E-state index in [0.717, 1.165) is 4.31 Å². The maximum atomic E-state index is 12.7. The van der Waals surface area contributed by atoms with Gasteiger partial charge in [0.05, 0.1) is 0 Å². The van der Waals surface area contributed by atoms with Gasteiger partial charge in [-0.1, -0.05) is 11.2 Å². The molecule has 3 atom stereocenters. The van der Waals surface area contributed by atoms with Crippen LogP contribution in [0.25, 0.3) is 10.4 Å². The molecule has 12 nitrogen and oxygen atoms in total. The van der Waals surface area contributed by atoms with Gasteiger partial charge < -0.3 is 15.2 Å². The minimum Gasteiger partial charge on any atom is -0.481 e. The average molecular weight is 433 g/mol. The third kappa shape index (κ3) is 6.60. The van der Waals surface area contributed by atoms with Crippen molar-refractivity contribution < 1.29 is 27.9 Å². The molecule has 0 spiro atoms. The summed E-state index contributed by atoms with van der Waals surface area (Å²) >= 11 is 0. The van der Waals surface area contributed by atoms with Crippen molar-refractivity contribution in [2.75, 3.05) is 19.6 Å². The Kier molecular flexibility index (Phi) is 8.04. The molecule has 1 rings (SSSR count). The Morgan fingerprint density at radius 2 is 2.14 bits per heavy atom. The van der Waals surface area contributed by atoms with Crippen molar-refractivity contribution in [3.8, 4) is 0 Å². The number of amides is 1. The van der Waals surface area contributed by atoms with Gasteiger partial charge in [0.2, 0.25) is 0 Å². The van der Waals surface area contributed by atoms with Crippen LogP contribution in [0.15, 0.2) is 17.8 Å². The molecule has 29 heavy (non-hydrogen) atoms. The largest absolute Gasteiger partial charge is 0.481 e. The van der Waals surface area contributed by atoms with E-state index in [1.54, 1.807) is 20.8 Å². The number of rotatable bonds is 9. The van der Waals surface area contributed by atoms with Crippen LogP contribution in [0.3, 0.4) is 0 Å². The van der Waals surface area contributed by atoms with Crippen LogP contribution in [-0.4, -0.2) is 66.7 Å². The standard InChI is InChI=1S/C16H28N6O6S/c1-6-7-12-9-22(10-16(12,13(23)24)20-21-17)29(26,27)19-11(2)8-18-14(25)28-15(3,4)5/h6,11-12,19H,1,7-10H2,2-5H3,(H,18,25)(H,23,24)/t11-,12+,16+/m1/s1. The summed E-state index contributed by atoms with van der Waals surface area (Å²) in [5.41, 5.74) is 6.19. The first-order valence-corrected chi connectivity index (χ1v) is 10.4. The molecule has 0 bridgehead atoms. The second-order valence-corrected chi connectivity index (χ2v) is 9.54. The normalized spacial score (nSPS) is 23.7. The first-order chi connectivity index (χ1) is 13.3.